The summed E-state index contributed by atoms with van der Waals surface area (Å²) in [5.41, 5.74) is 0. The Labute approximate surface area is 33.4 Å². The molecular formula is C4H10N. The highest BCUT2D eigenvalue weighted by Crippen LogP contribution is 1.65. The molecule has 1 radical (unpaired) electrons. The van der Waals surface area contributed by atoms with Gasteiger partial charge in [0.15, 0.2) is 0 Å². The summed E-state index contributed by atoms with van der Waals surface area (Å²) in [6, 6.07) is 0.384. The van der Waals surface area contributed by atoms with Gasteiger partial charge in [-0.3, -0.25) is 0 Å². The molecule has 1 unspecified atom stereocenters. The van der Waals surface area contributed by atoms with Gasteiger partial charge in [-0.2, -0.15) is 0 Å². The molecule has 0 aliphatic heterocycles. The third kappa shape index (κ3) is 3.96. The first-order chi connectivity index (χ1) is 2.27. The molecule has 0 spiro atoms. The van der Waals surface area contributed by atoms with Gasteiger partial charge >= 0.3 is 0 Å². The Morgan fingerprint density at radius 1 is 1.80 bits per heavy atom. The van der Waals surface area contributed by atoms with Gasteiger partial charge in [0, 0.05) is 6.04 Å². The maximum atomic E-state index is 3.65. The van der Waals surface area contributed by atoms with Gasteiger partial charge in [0.1, 0.15) is 0 Å². The third-order valence-corrected chi connectivity index (χ3v) is 0.493. The van der Waals surface area contributed by atoms with Crippen molar-refractivity contribution in [3.8, 4) is 0 Å². The van der Waals surface area contributed by atoms with Crippen LogP contribution in [-0.4, -0.2) is 13.1 Å². The molecule has 0 aliphatic carbocycles. The van der Waals surface area contributed by atoms with E-state index in [4.69, 9.17) is 0 Å². The van der Waals surface area contributed by atoms with Gasteiger partial charge in [0.2, 0.25) is 0 Å². The van der Waals surface area contributed by atoms with E-state index in [1.54, 1.807) is 0 Å². The molecule has 0 rings (SSSR count). The van der Waals surface area contributed by atoms with Crippen LogP contribution in [0.1, 0.15) is 6.92 Å². The summed E-state index contributed by atoms with van der Waals surface area (Å²) in [6.07, 6.45) is 0. The van der Waals surface area contributed by atoms with Gasteiger partial charge in [0.25, 0.3) is 0 Å². The molecule has 0 saturated heterocycles. The van der Waals surface area contributed by atoms with Crippen LogP contribution in [0.5, 0.6) is 0 Å². The highest BCUT2D eigenvalue weighted by molar-refractivity contribution is 4.54. The molecular weight excluding hydrogens is 62.1 g/mol. The summed E-state index contributed by atoms with van der Waals surface area (Å²) in [5.74, 6) is 0. The van der Waals surface area contributed by atoms with Crippen LogP contribution in [0.15, 0.2) is 0 Å². The zero-order valence-electron chi connectivity index (χ0n) is 3.78. The van der Waals surface area contributed by atoms with Crippen LogP contribution in [0.4, 0.5) is 0 Å². The Morgan fingerprint density at radius 2 is 2.00 bits per heavy atom. The SMILES string of the molecule is [CH2]C(C)NC. The molecule has 1 atom stereocenters. The van der Waals surface area contributed by atoms with Crippen LogP contribution < -0.4 is 5.32 Å². The predicted octanol–water partition coefficient (Wildman–Crippen LogP) is 0.428. The van der Waals surface area contributed by atoms with E-state index in [2.05, 4.69) is 12.2 Å². The van der Waals surface area contributed by atoms with E-state index < -0.39 is 0 Å². The van der Waals surface area contributed by atoms with Crippen LogP contribution in [0.3, 0.4) is 0 Å². The molecule has 0 aromatic heterocycles. The first-order valence-corrected chi connectivity index (χ1v) is 1.77. The van der Waals surface area contributed by atoms with Crippen molar-refractivity contribution in [3.63, 3.8) is 0 Å². The smallest absolute Gasteiger partial charge is 0.00363 e. The molecule has 5 heavy (non-hydrogen) atoms. The number of rotatable bonds is 1. The minimum absolute atomic E-state index is 0.384. The summed E-state index contributed by atoms with van der Waals surface area (Å²) in [6.45, 7) is 5.65. The molecule has 0 aromatic carbocycles. The molecule has 1 heteroatoms. The van der Waals surface area contributed by atoms with Crippen LogP contribution in [0, 0.1) is 6.92 Å². The van der Waals surface area contributed by atoms with Crippen LogP contribution in [0.25, 0.3) is 0 Å². The van der Waals surface area contributed by atoms with Crippen molar-refractivity contribution in [2.24, 2.45) is 0 Å². The zero-order chi connectivity index (χ0) is 4.28. The van der Waals surface area contributed by atoms with E-state index >= 15 is 0 Å². The van der Waals surface area contributed by atoms with E-state index in [0.717, 1.165) is 0 Å². The van der Waals surface area contributed by atoms with Crippen LogP contribution >= 0.6 is 0 Å². The second-order valence-electron chi connectivity index (χ2n) is 1.19. The fourth-order valence-corrected chi connectivity index (χ4v) is 0. The van der Waals surface area contributed by atoms with Gasteiger partial charge in [-0.1, -0.05) is 0 Å². The van der Waals surface area contributed by atoms with E-state index in [-0.39, 0.29) is 0 Å². The number of nitrogens with one attached hydrogen (secondary N) is 1. The van der Waals surface area contributed by atoms with Crippen molar-refractivity contribution in [1.29, 1.82) is 0 Å². The van der Waals surface area contributed by atoms with E-state index in [1.807, 2.05) is 14.0 Å². The van der Waals surface area contributed by atoms with Gasteiger partial charge < -0.3 is 5.32 Å². The van der Waals surface area contributed by atoms with E-state index in [0.29, 0.717) is 6.04 Å². The average molecular weight is 72.1 g/mol. The molecule has 31 valence electrons. The summed E-state index contributed by atoms with van der Waals surface area (Å²) < 4.78 is 0. The Hall–Kier alpha value is -0.0400. The normalized spacial score (nSPS) is 9.60. The molecule has 0 aliphatic rings. The zero-order valence-corrected chi connectivity index (χ0v) is 3.78. The summed E-state index contributed by atoms with van der Waals surface area (Å²) in [7, 11) is 1.89. The van der Waals surface area contributed by atoms with Crippen LogP contribution in [-0.2, 0) is 0 Å². The molecule has 0 saturated carbocycles. The topological polar surface area (TPSA) is 12.0 Å². The fourth-order valence-electron chi connectivity index (χ4n) is 0. The summed E-state index contributed by atoms with van der Waals surface area (Å²) in [4.78, 5) is 0. The summed E-state index contributed by atoms with van der Waals surface area (Å²) in [5, 5.41) is 2.92. The quantitative estimate of drug-likeness (QED) is 0.473. The second-order valence-corrected chi connectivity index (χ2v) is 1.19. The Balaban J connectivity index is 2.54. The lowest BCUT2D eigenvalue weighted by molar-refractivity contribution is 0.726. The highest BCUT2D eigenvalue weighted by Gasteiger charge is 1.77. The lowest BCUT2D eigenvalue weighted by atomic mass is 10.4. The predicted molar refractivity (Wildman–Crippen MR) is 23.9 cm³/mol. The van der Waals surface area contributed by atoms with Gasteiger partial charge in [-0.25, -0.2) is 0 Å². The largest absolute Gasteiger partial charge is 0.317 e. The van der Waals surface area contributed by atoms with Crippen molar-refractivity contribution in [1.82, 2.24) is 5.32 Å². The van der Waals surface area contributed by atoms with Crippen molar-refractivity contribution >= 4 is 0 Å². The average Bonchev–Trinajstić information content (AvgIpc) is 1.38. The lowest BCUT2D eigenvalue weighted by Crippen LogP contribution is -2.16. The maximum Gasteiger partial charge on any atom is 0.00363 e. The third-order valence-electron chi connectivity index (χ3n) is 0.493. The Morgan fingerprint density at radius 3 is 2.00 bits per heavy atom. The number of hydrogen-bond acceptors (Lipinski definition) is 1. The Bertz CT molecular complexity index is 17.6. The summed E-state index contributed by atoms with van der Waals surface area (Å²) >= 11 is 0. The van der Waals surface area contributed by atoms with Crippen molar-refractivity contribution < 1.29 is 0 Å². The van der Waals surface area contributed by atoms with E-state index in [1.165, 1.54) is 0 Å². The number of hydrogen-bond donors (Lipinski definition) is 1. The van der Waals surface area contributed by atoms with Crippen molar-refractivity contribution in [3.05, 3.63) is 6.92 Å². The minimum atomic E-state index is 0.384. The lowest BCUT2D eigenvalue weighted by Gasteiger charge is -1.95. The maximum absolute atomic E-state index is 3.65. The highest BCUT2D eigenvalue weighted by atomic mass is 14.8. The fraction of sp³-hybridized carbons (Fsp3) is 0.750. The molecule has 0 bridgehead atoms. The molecule has 1 nitrogen and oxygen atoms in total. The Kier molecular flexibility index (Phi) is 2.19. The van der Waals surface area contributed by atoms with E-state index in [9.17, 15) is 0 Å². The minimum Gasteiger partial charge on any atom is -0.317 e. The van der Waals surface area contributed by atoms with Gasteiger partial charge in [-0.15, -0.1) is 0 Å². The molecule has 0 fully saturated rings. The standard InChI is InChI=1S/C4H10N/c1-4(2)5-3/h4-5H,1H2,2-3H3. The molecule has 0 aromatic rings. The molecule has 0 heterocycles. The molecule has 1 N–H and O–H groups in total. The first-order valence-electron chi connectivity index (χ1n) is 1.77. The first kappa shape index (κ1) is 4.96. The van der Waals surface area contributed by atoms with Crippen molar-refractivity contribution in [2.75, 3.05) is 7.05 Å². The van der Waals surface area contributed by atoms with Gasteiger partial charge in [0.05, 0.1) is 0 Å². The van der Waals surface area contributed by atoms with Crippen LogP contribution in [0.2, 0.25) is 0 Å². The van der Waals surface area contributed by atoms with Gasteiger partial charge in [-0.05, 0) is 20.9 Å². The molecule has 0 amide bonds. The second kappa shape index (κ2) is 2.21. The van der Waals surface area contributed by atoms with Crippen molar-refractivity contribution in [2.45, 2.75) is 13.0 Å². The monoisotopic (exact) mass is 72.1 g/mol.